The lowest BCUT2D eigenvalue weighted by Crippen LogP contribution is -2.37. The van der Waals surface area contributed by atoms with Gasteiger partial charge in [0, 0.05) is 53.9 Å². The molecule has 1 unspecified atom stereocenters. The fourth-order valence-corrected chi connectivity index (χ4v) is 5.24. The molecule has 0 saturated heterocycles. The molecule has 4 rings (SSSR count). The molecule has 33 heavy (non-hydrogen) atoms. The minimum atomic E-state index is 0.0379. The molecule has 0 aliphatic rings. The molecule has 0 aliphatic heterocycles. The van der Waals surface area contributed by atoms with Crippen LogP contribution >= 0.6 is 11.3 Å². The summed E-state index contributed by atoms with van der Waals surface area (Å²) in [5, 5.41) is 3.33. The van der Waals surface area contributed by atoms with E-state index in [4.69, 9.17) is 0 Å². The van der Waals surface area contributed by atoms with Crippen LogP contribution in [0.25, 0.3) is 10.9 Å². The van der Waals surface area contributed by atoms with Crippen molar-refractivity contribution in [2.45, 2.75) is 32.2 Å². The fraction of sp³-hybridized carbons (Fsp3) is 0.321. The van der Waals surface area contributed by atoms with Gasteiger partial charge in [0.1, 0.15) is 0 Å². The van der Waals surface area contributed by atoms with Crippen LogP contribution in [-0.4, -0.2) is 47.9 Å². The minimum absolute atomic E-state index is 0.0379. The Hall–Kier alpha value is -2.89. The molecule has 2 aromatic carbocycles. The van der Waals surface area contributed by atoms with Gasteiger partial charge in [0.05, 0.1) is 0 Å². The first kappa shape index (κ1) is 23.3. The van der Waals surface area contributed by atoms with E-state index >= 15 is 0 Å². The molecule has 4 nitrogen and oxygen atoms in total. The van der Waals surface area contributed by atoms with Gasteiger partial charge in [0.15, 0.2) is 0 Å². The number of carbonyl (C=O) groups is 1. The molecule has 0 spiro atoms. The highest BCUT2D eigenvalue weighted by atomic mass is 32.1. The molecule has 1 N–H and O–H groups in total. The summed E-state index contributed by atoms with van der Waals surface area (Å²) in [5.41, 5.74) is 4.88. The van der Waals surface area contributed by atoms with Crippen molar-refractivity contribution < 1.29 is 4.79 Å². The van der Waals surface area contributed by atoms with E-state index in [0.29, 0.717) is 19.5 Å². The highest BCUT2D eigenvalue weighted by molar-refractivity contribution is 7.10. The second-order valence-electron chi connectivity index (χ2n) is 8.81. The Bertz CT molecular complexity index is 1160. The van der Waals surface area contributed by atoms with E-state index in [0.717, 1.165) is 18.5 Å². The Kier molecular flexibility index (Phi) is 7.63. The standard InChI is InChI=1S/C28H33N3OS/c1-4-22-12-8-13-23-25(19-29-28(22)23)24(26-14-9-17-33-26)18-27(32)31(16-15-30(2)3)20-21-10-6-5-7-11-21/h5-14,17,19,24,29H,4,15-16,18,20H2,1-3H3. The number of benzene rings is 2. The Labute approximate surface area is 200 Å². The van der Waals surface area contributed by atoms with Gasteiger partial charge < -0.3 is 14.8 Å². The Morgan fingerprint density at radius 3 is 2.52 bits per heavy atom. The van der Waals surface area contributed by atoms with Crippen LogP contribution in [0.1, 0.15) is 40.8 Å². The molecule has 172 valence electrons. The molecule has 0 radical (unpaired) electrons. The summed E-state index contributed by atoms with van der Waals surface area (Å²) in [6, 6.07) is 21.0. The third kappa shape index (κ3) is 5.55. The lowest BCUT2D eigenvalue weighted by atomic mass is 9.92. The predicted octanol–water partition coefficient (Wildman–Crippen LogP) is 5.90. The number of carbonyl (C=O) groups excluding carboxylic acids is 1. The number of fused-ring (bicyclic) bond motifs is 1. The topological polar surface area (TPSA) is 39.3 Å². The Morgan fingerprint density at radius 1 is 1.00 bits per heavy atom. The maximum Gasteiger partial charge on any atom is 0.223 e. The van der Waals surface area contributed by atoms with E-state index in [1.165, 1.54) is 26.9 Å². The molecule has 0 aliphatic carbocycles. The van der Waals surface area contributed by atoms with E-state index in [2.05, 4.69) is 84.9 Å². The molecule has 0 fully saturated rings. The van der Waals surface area contributed by atoms with Gasteiger partial charge in [-0.25, -0.2) is 0 Å². The van der Waals surface area contributed by atoms with Gasteiger partial charge in [0.25, 0.3) is 0 Å². The first-order valence-electron chi connectivity index (χ1n) is 11.7. The normalized spacial score (nSPS) is 12.4. The summed E-state index contributed by atoms with van der Waals surface area (Å²) in [5.74, 6) is 0.232. The number of nitrogens with zero attached hydrogens (tertiary/aromatic N) is 2. The van der Waals surface area contributed by atoms with Crippen molar-refractivity contribution in [2.24, 2.45) is 0 Å². The van der Waals surface area contributed by atoms with E-state index in [9.17, 15) is 4.79 Å². The molecule has 4 aromatic rings. The molecule has 2 aromatic heterocycles. The van der Waals surface area contributed by atoms with Crippen LogP contribution in [0.2, 0.25) is 0 Å². The SMILES string of the molecule is CCc1cccc2c(C(CC(=O)N(CCN(C)C)Cc3ccccc3)c3cccs3)c[nH]c12. The predicted molar refractivity (Wildman–Crippen MR) is 139 cm³/mol. The Balaban J connectivity index is 1.64. The number of nitrogens with one attached hydrogen (secondary N) is 1. The van der Waals surface area contributed by atoms with Crippen LogP contribution in [0.3, 0.4) is 0 Å². The maximum atomic E-state index is 13.7. The van der Waals surface area contributed by atoms with E-state index < -0.39 is 0 Å². The van der Waals surface area contributed by atoms with Gasteiger partial charge in [0.2, 0.25) is 5.91 Å². The number of likely N-dealkylation sites (N-methyl/N-ethyl adjacent to an activating group) is 1. The fourth-order valence-electron chi connectivity index (χ4n) is 4.40. The molecular formula is C28H33N3OS. The van der Waals surface area contributed by atoms with Gasteiger partial charge in [-0.1, -0.05) is 61.5 Å². The smallest absolute Gasteiger partial charge is 0.223 e. The van der Waals surface area contributed by atoms with Crippen molar-refractivity contribution in [1.29, 1.82) is 0 Å². The van der Waals surface area contributed by atoms with Crippen LogP contribution in [0.4, 0.5) is 0 Å². The zero-order valence-electron chi connectivity index (χ0n) is 19.8. The average Bonchev–Trinajstić information content (AvgIpc) is 3.51. The first-order chi connectivity index (χ1) is 16.1. The van der Waals surface area contributed by atoms with Crippen molar-refractivity contribution in [3.05, 3.63) is 93.8 Å². The number of amides is 1. The zero-order chi connectivity index (χ0) is 23.2. The van der Waals surface area contributed by atoms with Crippen LogP contribution in [0.15, 0.2) is 72.2 Å². The third-order valence-electron chi connectivity index (χ3n) is 6.24. The number of aromatic amines is 1. The molecule has 1 amide bonds. The number of rotatable bonds is 10. The summed E-state index contributed by atoms with van der Waals surface area (Å²) < 4.78 is 0. The van der Waals surface area contributed by atoms with Crippen molar-refractivity contribution >= 4 is 28.1 Å². The second kappa shape index (κ2) is 10.8. The molecule has 2 heterocycles. The van der Waals surface area contributed by atoms with Gasteiger partial charge >= 0.3 is 0 Å². The summed E-state index contributed by atoms with van der Waals surface area (Å²) in [6.45, 7) is 4.38. The lowest BCUT2D eigenvalue weighted by molar-refractivity contribution is -0.132. The Morgan fingerprint density at radius 2 is 1.82 bits per heavy atom. The van der Waals surface area contributed by atoms with Crippen molar-refractivity contribution in [2.75, 3.05) is 27.2 Å². The summed E-state index contributed by atoms with van der Waals surface area (Å²) in [4.78, 5) is 22.6. The summed E-state index contributed by atoms with van der Waals surface area (Å²) in [7, 11) is 4.10. The monoisotopic (exact) mass is 459 g/mol. The first-order valence-corrected chi connectivity index (χ1v) is 12.5. The number of hydrogen-bond donors (Lipinski definition) is 1. The summed E-state index contributed by atoms with van der Waals surface area (Å²) in [6.07, 6.45) is 3.56. The number of aryl methyl sites for hydroxylation is 1. The van der Waals surface area contributed by atoms with Crippen LogP contribution < -0.4 is 0 Å². The minimum Gasteiger partial charge on any atom is -0.361 e. The number of hydrogen-bond acceptors (Lipinski definition) is 3. The lowest BCUT2D eigenvalue weighted by Gasteiger charge is -2.26. The van der Waals surface area contributed by atoms with Crippen molar-refractivity contribution in [1.82, 2.24) is 14.8 Å². The van der Waals surface area contributed by atoms with Crippen molar-refractivity contribution in [3.8, 4) is 0 Å². The van der Waals surface area contributed by atoms with Crippen LogP contribution in [-0.2, 0) is 17.8 Å². The number of H-pyrrole nitrogens is 1. The van der Waals surface area contributed by atoms with Gasteiger partial charge in [-0.15, -0.1) is 11.3 Å². The van der Waals surface area contributed by atoms with Crippen LogP contribution in [0.5, 0.6) is 0 Å². The van der Waals surface area contributed by atoms with Crippen molar-refractivity contribution in [3.63, 3.8) is 0 Å². The quantitative estimate of drug-likeness (QED) is 0.320. The van der Waals surface area contributed by atoms with E-state index in [1.54, 1.807) is 11.3 Å². The van der Waals surface area contributed by atoms with Crippen LogP contribution in [0, 0.1) is 0 Å². The number of aromatic nitrogens is 1. The maximum absolute atomic E-state index is 13.7. The molecule has 0 bridgehead atoms. The highest BCUT2D eigenvalue weighted by Crippen LogP contribution is 2.37. The number of thiophene rings is 1. The second-order valence-corrected chi connectivity index (χ2v) is 9.79. The van der Waals surface area contributed by atoms with Gasteiger partial charge in [-0.05, 0) is 48.7 Å². The largest absolute Gasteiger partial charge is 0.361 e. The third-order valence-corrected chi connectivity index (χ3v) is 7.23. The molecule has 1 atom stereocenters. The van der Waals surface area contributed by atoms with E-state index in [-0.39, 0.29) is 11.8 Å². The zero-order valence-corrected chi connectivity index (χ0v) is 20.6. The average molecular weight is 460 g/mol. The molecule has 5 heteroatoms. The van der Waals surface area contributed by atoms with E-state index in [1.807, 2.05) is 23.1 Å². The molecule has 0 saturated carbocycles. The van der Waals surface area contributed by atoms with Gasteiger partial charge in [-0.2, -0.15) is 0 Å². The van der Waals surface area contributed by atoms with Gasteiger partial charge in [-0.3, -0.25) is 4.79 Å². The number of para-hydroxylation sites is 1. The highest BCUT2D eigenvalue weighted by Gasteiger charge is 2.25. The molecular weight excluding hydrogens is 426 g/mol. The summed E-state index contributed by atoms with van der Waals surface area (Å²) >= 11 is 1.73.